The Morgan fingerprint density at radius 3 is 2.57 bits per heavy atom. The number of sulfonamides is 1. The van der Waals surface area contributed by atoms with Gasteiger partial charge in [-0.15, -0.1) is 0 Å². The zero-order chi connectivity index (χ0) is 19.9. The Balaban J connectivity index is 1.57. The highest BCUT2D eigenvalue weighted by molar-refractivity contribution is 7.89. The molecule has 1 aliphatic rings. The summed E-state index contributed by atoms with van der Waals surface area (Å²) < 4.78 is 25.1. The van der Waals surface area contributed by atoms with Crippen molar-refractivity contribution in [3.05, 3.63) is 64.6 Å². The van der Waals surface area contributed by atoms with Gasteiger partial charge in [-0.3, -0.25) is 4.79 Å². The van der Waals surface area contributed by atoms with Gasteiger partial charge in [0.1, 0.15) is 6.54 Å². The van der Waals surface area contributed by atoms with Crippen molar-refractivity contribution in [2.24, 2.45) is 5.14 Å². The van der Waals surface area contributed by atoms with Crippen molar-refractivity contribution in [3.63, 3.8) is 0 Å². The summed E-state index contributed by atoms with van der Waals surface area (Å²) >= 11 is 0. The summed E-state index contributed by atoms with van der Waals surface area (Å²) in [6, 6.07) is 13.1. The monoisotopic (exact) mass is 400 g/mol. The van der Waals surface area contributed by atoms with Crippen LogP contribution in [-0.2, 0) is 27.8 Å². The minimum Gasteiger partial charge on any atom is -0.310 e. The Morgan fingerprint density at radius 1 is 1.11 bits per heavy atom. The van der Waals surface area contributed by atoms with E-state index in [2.05, 4.69) is 10.4 Å². The van der Waals surface area contributed by atoms with Gasteiger partial charge in [0.15, 0.2) is 0 Å². The van der Waals surface area contributed by atoms with Crippen molar-refractivity contribution in [3.8, 4) is 5.69 Å². The van der Waals surface area contributed by atoms with Crippen LogP contribution >= 0.6 is 0 Å². The molecule has 144 valence electrons. The fourth-order valence-corrected chi connectivity index (χ4v) is 3.70. The first-order valence-electron chi connectivity index (χ1n) is 8.39. The number of hydrogen-bond donors (Lipinski definition) is 1. The van der Waals surface area contributed by atoms with Gasteiger partial charge in [0.2, 0.25) is 15.9 Å². The molecule has 28 heavy (non-hydrogen) atoms. The van der Waals surface area contributed by atoms with E-state index in [1.165, 1.54) is 17.0 Å². The third kappa shape index (κ3) is 3.21. The molecule has 2 heterocycles. The average Bonchev–Trinajstić information content (AvgIpc) is 3.25. The number of nitrogens with two attached hydrogens (primary N) is 1. The summed E-state index contributed by atoms with van der Waals surface area (Å²) in [5, 5.41) is 12.7. The molecule has 1 aliphatic heterocycles. The molecule has 0 fully saturated rings. The van der Waals surface area contributed by atoms with E-state index in [-0.39, 0.29) is 17.3 Å². The Labute approximate surface area is 159 Å². The summed E-state index contributed by atoms with van der Waals surface area (Å²) in [6.45, 7) is 0.103. The van der Waals surface area contributed by atoms with E-state index in [9.17, 15) is 18.0 Å². The summed E-state index contributed by atoms with van der Waals surface area (Å²) in [6.07, 6.45) is 0.496. The lowest BCUT2D eigenvalue weighted by atomic mass is 10.2. The molecular weight excluding hydrogens is 384 g/mol. The number of anilines is 1. The summed E-state index contributed by atoms with van der Waals surface area (Å²) in [5.74, 6) is -0.343. The van der Waals surface area contributed by atoms with Crippen molar-refractivity contribution < 1.29 is 13.2 Å². The average molecular weight is 400 g/mol. The molecule has 1 amide bonds. The second kappa shape index (κ2) is 6.69. The number of carbonyl (C=O) groups excluding carboxylic acids is 1. The number of para-hydroxylation sites is 1. The van der Waals surface area contributed by atoms with E-state index >= 15 is 0 Å². The van der Waals surface area contributed by atoms with E-state index in [1.54, 1.807) is 30.3 Å². The minimum atomic E-state index is -3.81. The SMILES string of the molecule is NS(=O)(=O)c1ccc2c(c1)CCN2C(=O)Cn1nnn(-c2ccccc2)c1=O. The van der Waals surface area contributed by atoms with Gasteiger partial charge in [-0.25, -0.2) is 18.4 Å². The topological polar surface area (TPSA) is 133 Å². The Morgan fingerprint density at radius 2 is 1.86 bits per heavy atom. The number of carbonyl (C=O) groups is 1. The van der Waals surface area contributed by atoms with Crippen LogP contribution in [-0.4, -0.2) is 40.7 Å². The van der Waals surface area contributed by atoms with Crippen molar-refractivity contribution in [1.29, 1.82) is 0 Å². The molecule has 0 atom stereocenters. The van der Waals surface area contributed by atoms with Crippen molar-refractivity contribution >= 4 is 21.6 Å². The first-order valence-corrected chi connectivity index (χ1v) is 9.93. The molecular formula is C17H16N6O4S. The number of tetrazole rings is 1. The van der Waals surface area contributed by atoms with Crippen LogP contribution in [0.4, 0.5) is 5.69 Å². The van der Waals surface area contributed by atoms with Gasteiger partial charge in [-0.05, 0) is 52.7 Å². The third-order valence-corrected chi connectivity index (χ3v) is 5.41. The minimum absolute atomic E-state index is 0.00238. The predicted molar refractivity (Wildman–Crippen MR) is 99.5 cm³/mol. The molecule has 10 nitrogen and oxygen atoms in total. The molecule has 0 aliphatic carbocycles. The van der Waals surface area contributed by atoms with Crippen LogP contribution in [0.15, 0.2) is 58.2 Å². The van der Waals surface area contributed by atoms with Gasteiger partial charge < -0.3 is 4.90 Å². The van der Waals surface area contributed by atoms with Crippen LogP contribution in [0.25, 0.3) is 5.69 Å². The highest BCUT2D eigenvalue weighted by Gasteiger charge is 2.27. The number of primary sulfonamides is 1. The predicted octanol–water partition coefficient (Wildman–Crippen LogP) is -0.334. The van der Waals surface area contributed by atoms with Gasteiger partial charge in [0.05, 0.1) is 10.6 Å². The van der Waals surface area contributed by atoms with Gasteiger partial charge in [-0.1, -0.05) is 18.2 Å². The van der Waals surface area contributed by atoms with Crippen LogP contribution in [0.1, 0.15) is 5.56 Å². The Kier molecular flexibility index (Phi) is 4.32. The van der Waals surface area contributed by atoms with Crippen LogP contribution in [0.5, 0.6) is 0 Å². The van der Waals surface area contributed by atoms with Crippen molar-refractivity contribution in [2.75, 3.05) is 11.4 Å². The zero-order valence-corrected chi connectivity index (χ0v) is 15.4. The molecule has 0 spiro atoms. The maximum atomic E-state index is 12.7. The van der Waals surface area contributed by atoms with E-state index in [0.717, 1.165) is 9.36 Å². The smallest absolute Gasteiger partial charge is 0.310 e. The van der Waals surface area contributed by atoms with E-state index < -0.39 is 15.7 Å². The molecule has 2 aromatic carbocycles. The lowest BCUT2D eigenvalue weighted by Crippen LogP contribution is -2.36. The number of fused-ring (bicyclic) bond motifs is 1. The second-order valence-electron chi connectivity index (χ2n) is 6.30. The quantitative estimate of drug-likeness (QED) is 0.637. The largest absolute Gasteiger partial charge is 0.368 e. The van der Waals surface area contributed by atoms with Gasteiger partial charge >= 0.3 is 5.69 Å². The lowest BCUT2D eigenvalue weighted by Gasteiger charge is -2.17. The highest BCUT2D eigenvalue weighted by atomic mass is 32.2. The fraction of sp³-hybridized carbons (Fsp3) is 0.176. The van der Waals surface area contributed by atoms with Crippen LogP contribution < -0.4 is 15.7 Å². The zero-order valence-electron chi connectivity index (χ0n) is 14.6. The number of aromatic nitrogens is 4. The lowest BCUT2D eigenvalue weighted by molar-refractivity contribution is -0.119. The molecule has 0 radical (unpaired) electrons. The number of hydrogen-bond acceptors (Lipinski definition) is 6. The van der Waals surface area contributed by atoms with Gasteiger partial charge in [0.25, 0.3) is 0 Å². The molecule has 11 heteroatoms. The summed E-state index contributed by atoms with van der Waals surface area (Å²) in [7, 11) is -3.81. The first-order chi connectivity index (χ1) is 13.3. The van der Waals surface area contributed by atoms with E-state index in [4.69, 9.17) is 5.14 Å². The van der Waals surface area contributed by atoms with E-state index in [1.807, 2.05) is 6.07 Å². The van der Waals surface area contributed by atoms with E-state index in [0.29, 0.717) is 29.9 Å². The normalized spacial score (nSPS) is 13.5. The highest BCUT2D eigenvalue weighted by Crippen LogP contribution is 2.30. The second-order valence-corrected chi connectivity index (χ2v) is 7.86. The third-order valence-electron chi connectivity index (χ3n) is 4.50. The number of benzene rings is 2. The number of nitrogens with zero attached hydrogens (tertiary/aromatic N) is 5. The molecule has 0 saturated carbocycles. The maximum Gasteiger partial charge on any atom is 0.368 e. The molecule has 1 aromatic heterocycles. The molecule has 0 bridgehead atoms. The molecule has 4 rings (SSSR count). The summed E-state index contributed by atoms with van der Waals surface area (Å²) in [4.78, 5) is 26.7. The summed E-state index contributed by atoms with van der Waals surface area (Å²) in [5.41, 5.74) is 1.33. The molecule has 3 aromatic rings. The van der Waals surface area contributed by atoms with Crippen LogP contribution in [0, 0.1) is 0 Å². The Hall–Kier alpha value is -3.31. The number of amides is 1. The first kappa shape index (κ1) is 18.1. The molecule has 0 saturated heterocycles. The van der Waals surface area contributed by atoms with Gasteiger partial charge in [-0.2, -0.15) is 9.36 Å². The van der Waals surface area contributed by atoms with Crippen LogP contribution in [0.2, 0.25) is 0 Å². The molecule has 2 N–H and O–H groups in total. The van der Waals surface area contributed by atoms with Crippen LogP contribution in [0.3, 0.4) is 0 Å². The fourth-order valence-electron chi connectivity index (χ4n) is 3.13. The Bertz CT molecular complexity index is 1220. The van der Waals surface area contributed by atoms with Gasteiger partial charge in [0, 0.05) is 12.2 Å². The maximum absolute atomic E-state index is 12.7. The molecule has 0 unspecified atom stereocenters. The van der Waals surface area contributed by atoms with Crippen molar-refractivity contribution in [2.45, 2.75) is 17.9 Å². The standard InChI is InChI=1S/C17H16N6O4S/c18-28(26,27)14-6-7-15-12(10-14)8-9-21(15)16(24)11-22-17(25)23(20-19-22)13-4-2-1-3-5-13/h1-7,10H,8-9,11H2,(H2,18,26,27). The van der Waals surface area contributed by atoms with Crippen molar-refractivity contribution in [1.82, 2.24) is 19.8 Å². The number of rotatable bonds is 4.